The van der Waals surface area contributed by atoms with E-state index in [-0.39, 0.29) is 11.5 Å². The van der Waals surface area contributed by atoms with Crippen LogP contribution in [0, 0.1) is 11.6 Å². The highest BCUT2D eigenvalue weighted by Crippen LogP contribution is 2.33. The molecule has 0 saturated heterocycles. The average molecular weight is 392 g/mol. The number of anilines is 3. The summed E-state index contributed by atoms with van der Waals surface area (Å²) in [7, 11) is 0. The number of para-hydroxylation sites is 1. The SMILES string of the molecule is C[C@H](NC(=O)OC(C)(C)C)C(=O)N(c1ncccc1N)c1c(F)cccc1F. The Morgan fingerprint density at radius 2 is 1.79 bits per heavy atom. The predicted octanol–water partition coefficient (Wildman–Crippen LogP) is 3.52. The van der Waals surface area contributed by atoms with Crippen molar-refractivity contribution in [3.8, 4) is 0 Å². The van der Waals surface area contributed by atoms with Crippen molar-refractivity contribution in [2.75, 3.05) is 10.6 Å². The van der Waals surface area contributed by atoms with Gasteiger partial charge in [-0.05, 0) is 52.0 Å². The maximum absolute atomic E-state index is 14.4. The van der Waals surface area contributed by atoms with Crippen molar-refractivity contribution in [3.05, 3.63) is 48.2 Å². The first-order valence-electron chi connectivity index (χ1n) is 8.49. The number of alkyl carbamates (subject to hydrolysis) is 1. The van der Waals surface area contributed by atoms with Gasteiger partial charge < -0.3 is 15.8 Å². The fourth-order valence-corrected chi connectivity index (χ4v) is 2.36. The Morgan fingerprint density at radius 1 is 1.18 bits per heavy atom. The lowest BCUT2D eigenvalue weighted by Gasteiger charge is -2.27. The van der Waals surface area contributed by atoms with Gasteiger partial charge in [0.15, 0.2) is 5.82 Å². The Hall–Kier alpha value is -3.23. The molecule has 0 bridgehead atoms. The molecule has 0 saturated carbocycles. The van der Waals surface area contributed by atoms with Gasteiger partial charge in [0.2, 0.25) is 0 Å². The number of nitrogens with one attached hydrogen (secondary N) is 1. The summed E-state index contributed by atoms with van der Waals surface area (Å²) in [6, 6.07) is 4.94. The summed E-state index contributed by atoms with van der Waals surface area (Å²) in [4.78, 5) is 29.7. The number of aromatic nitrogens is 1. The molecule has 3 N–H and O–H groups in total. The standard InChI is InChI=1S/C19H22F2N4O3/c1-11(24-18(27)28-19(2,3)4)17(26)25(16-14(22)9-6-10-23-16)15-12(20)7-5-8-13(15)21/h5-11H,22H2,1-4H3,(H,24,27)/t11-/m0/s1. The first-order valence-corrected chi connectivity index (χ1v) is 8.49. The van der Waals surface area contributed by atoms with Gasteiger partial charge in [-0.15, -0.1) is 0 Å². The molecule has 150 valence electrons. The second-order valence-corrected chi connectivity index (χ2v) is 7.03. The van der Waals surface area contributed by atoms with E-state index in [0.717, 1.165) is 12.1 Å². The molecule has 0 fully saturated rings. The molecule has 2 rings (SSSR count). The lowest BCUT2D eigenvalue weighted by Crippen LogP contribution is -2.47. The highest BCUT2D eigenvalue weighted by atomic mass is 19.1. The maximum Gasteiger partial charge on any atom is 0.408 e. The summed E-state index contributed by atoms with van der Waals surface area (Å²) in [5, 5.41) is 2.35. The van der Waals surface area contributed by atoms with Crippen molar-refractivity contribution in [2.45, 2.75) is 39.3 Å². The average Bonchev–Trinajstić information content (AvgIpc) is 2.57. The van der Waals surface area contributed by atoms with Crippen LogP contribution in [0.1, 0.15) is 27.7 Å². The van der Waals surface area contributed by atoms with Crippen LogP contribution in [-0.2, 0) is 9.53 Å². The van der Waals surface area contributed by atoms with E-state index in [1.807, 2.05) is 0 Å². The van der Waals surface area contributed by atoms with Crippen molar-refractivity contribution >= 4 is 29.2 Å². The van der Waals surface area contributed by atoms with Crippen LogP contribution in [0.4, 0.5) is 30.8 Å². The fourth-order valence-electron chi connectivity index (χ4n) is 2.36. The summed E-state index contributed by atoms with van der Waals surface area (Å²) >= 11 is 0. The summed E-state index contributed by atoms with van der Waals surface area (Å²) in [5.74, 6) is -2.97. The van der Waals surface area contributed by atoms with Crippen molar-refractivity contribution in [2.24, 2.45) is 0 Å². The molecule has 0 unspecified atom stereocenters. The molecule has 1 aromatic carbocycles. The van der Waals surface area contributed by atoms with Gasteiger partial charge in [0, 0.05) is 6.20 Å². The Kier molecular flexibility index (Phi) is 6.17. The van der Waals surface area contributed by atoms with Crippen molar-refractivity contribution in [1.29, 1.82) is 0 Å². The molecule has 7 nitrogen and oxygen atoms in total. The van der Waals surface area contributed by atoms with Crippen molar-refractivity contribution in [3.63, 3.8) is 0 Å². The molecule has 0 radical (unpaired) electrons. The predicted molar refractivity (Wildman–Crippen MR) is 101 cm³/mol. The minimum Gasteiger partial charge on any atom is -0.444 e. The summed E-state index contributed by atoms with van der Waals surface area (Å²) < 4.78 is 33.9. The van der Waals surface area contributed by atoms with Crippen molar-refractivity contribution < 1.29 is 23.1 Å². The number of carbonyl (C=O) groups is 2. The van der Waals surface area contributed by atoms with Gasteiger partial charge >= 0.3 is 6.09 Å². The minimum atomic E-state index is -1.18. The molecule has 2 amide bonds. The van der Waals surface area contributed by atoms with E-state index in [2.05, 4.69) is 10.3 Å². The quantitative estimate of drug-likeness (QED) is 0.830. The molecule has 0 aliphatic rings. The molecule has 1 atom stereocenters. The second kappa shape index (κ2) is 8.20. The van der Waals surface area contributed by atoms with Crippen LogP contribution < -0.4 is 16.0 Å². The van der Waals surface area contributed by atoms with Crippen LogP contribution in [0.2, 0.25) is 0 Å². The van der Waals surface area contributed by atoms with Crippen LogP contribution >= 0.6 is 0 Å². The molecule has 9 heteroatoms. The van der Waals surface area contributed by atoms with Gasteiger partial charge in [0.05, 0.1) is 5.69 Å². The van der Waals surface area contributed by atoms with Gasteiger partial charge in [0.1, 0.15) is 29.0 Å². The molecule has 0 aliphatic carbocycles. The fraction of sp³-hybridized carbons (Fsp3) is 0.316. The zero-order valence-electron chi connectivity index (χ0n) is 16.0. The molecule has 2 aromatic rings. The van der Waals surface area contributed by atoms with E-state index in [4.69, 9.17) is 10.5 Å². The van der Waals surface area contributed by atoms with Crippen molar-refractivity contribution in [1.82, 2.24) is 10.3 Å². The topological polar surface area (TPSA) is 97.5 Å². The number of amides is 2. The third-order valence-electron chi connectivity index (χ3n) is 3.51. The van der Waals surface area contributed by atoms with E-state index in [0.29, 0.717) is 4.90 Å². The number of pyridine rings is 1. The number of nitrogen functional groups attached to an aromatic ring is 1. The minimum absolute atomic E-state index is 0.0305. The largest absolute Gasteiger partial charge is 0.444 e. The molecule has 1 aromatic heterocycles. The molecule has 0 aliphatic heterocycles. The number of nitrogens with two attached hydrogens (primary N) is 1. The van der Waals surface area contributed by atoms with E-state index >= 15 is 0 Å². The van der Waals surface area contributed by atoms with E-state index in [9.17, 15) is 18.4 Å². The molecular formula is C19H22F2N4O3. The molecule has 1 heterocycles. The van der Waals surface area contributed by atoms with Gasteiger partial charge in [-0.25, -0.2) is 18.6 Å². The third kappa shape index (κ3) is 4.93. The van der Waals surface area contributed by atoms with E-state index < -0.39 is 41.0 Å². The highest BCUT2D eigenvalue weighted by molar-refractivity contribution is 6.05. The Labute approximate surface area is 161 Å². The van der Waals surface area contributed by atoms with Gasteiger partial charge in [-0.3, -0.25) is 9.69 Å². The first-order chi connectivity index (χ1) is 13.0. The van der Waals surface area contributed by atoms with Gasteiger partial charge in [-0.1, -0.05) is 6.07 Å². The van der Waals surface area contributed by atoms with E-state index in [1.165, 1.54) is 31.3 Å². The Bertz CT molecular complexity index is 863. The normalized spacial score (nSPS) is 12.2. The molecule has 28 heavy (non-hydrogen) atoms. The zero-order chi connectivity index (χ0) is 21.1. The highest BCUT2D eigenvalue weighted by Gasteiger charge is 2.32. The van der Waals surface area contributed by atoms with Crippen LogP contribution in [0.3, 0.4) is 0 Å². The Balaban J connectivity index is 2.44. The number of hydrogen-bond acceptors (Lipinski definition) is 5. The summed E-state index contributed by atoms with van der Waals surface area (Å²) in [6.07, 6.45) is 0.479. The summed E-state index contributed by atoms with van der Waals surface area (Å²) in [6.45, 7) is 6.34. The van der Waals surface area contributed by atoms with E-state index in [1.54, 1.807) is 20.8 Å². The van der Waals surface area contributed by atoms with Crippen LogP contribution in [0.15, 0.2) is 36.5 Å². The first kappa shape index (κ1) is 21.1. The molecule has 0 spiro atoms. The number of nitrogens with zero attached hydrogens (tertiary/aromatic N) is 2. The number of benzene rings is 1. The number of rotatable bonds is 4. The lowest BCUT2D eigenvalue weighted by atomic mass is 10.2. The zero-order valence-corrected chi connectivity index (χ0v) is 16.0. The van der Waals surface area contributed by atoms with Gasteiger partial charge in [-0.2, -0.15) is 0 Å². The summed E-state index contributed by atoms with van der Waals surface area (Å²) in [5.41, 5.74) is 4.47. The number of carbonyl (C=O) groups excluding carboxylic acids is 2. The number of hydrogen-bond donors (Lipinski definition) is 2. The smallest absolute Gasteiger partial charge is 0.408 e. The van der Waals surface area contributed by atoms with Gasteiger partial charge in [0.25, 0.3) is 5.91 Å². The van der Waals surface area contributed by atoms with Crippen LogP contribution in [0.5, 0.6) is 0 Å². The Morgan fingerprint density at radius 3 is 2.32 bits per heavy atom. The lowest BCUT2D eigenvalue weighted by molar-refractivity contribution is -0.119. The van der Waals surface area contributed by atoms with Crippen LogP contribution in [0.25, 0.3) is 0 Å². The monoisotopic (exact) mass is 392 g/mol. The maximum atomic E-state index is 14.4. The number of ether oxygens (including phenoxy) is 1. The number of halogens is 2. The molecular weight excluding hydrogens is 370 g/mol. The van der Waals surface area contributed by atoms with Crippen LogP contribution in [-0.4, -0.2) is 28.6 Å². The third-order valence-corrected chi connectivity index (χ3v) is 3.51. The second-order valence-electron chi connectivity index (χ2n) is 7.03.